The van der Waals surface area contributed by atoms with Gasteiger partial charge >= 0.3 is 12.3 Å². The highest BCUT2D eigenvalue weighted by Crippen LogP contribution is 2.20. The molecule has 0 aromatic carbocycles. The molecule has 1 aliphatic heterocycles. The molecule has 1 unspecified atom stereocenters. The Kier molecular flexibility index (Phi) is 12.4. The molecule has 11 heteroatoms. The van der Waals surface area contributed by atoms with Crippen molar-refractivity contribution in [3.05, 3.63) is 23.4 Å². The predicted octanol–water partition coefficient (Wildman–Crippen LogP) is 4.00. The Labute approximate surface area is 211 Å². The second-order valence-electron chi connectivity index (χ2n) is 9.14. The number of nitrogens with one attached hydrogen (secondary N) is 2. The summed E-state index contributed by atoms with van der Waals surface area (Å²) in [5, 5.41) is 15.4. The molecule has 1 amide bonds. The number of ether oxygens (including phenoxy) is 1. The first-order chi connectivity index (χ1) is 17.1. The van der Waals surface area contributed by atoms with Gasteiger partial charge < -0.3 is 20.6 Å². The Hall–Kier alpha value is -2.40. The molecule has 0 bridgehead atoms. The SMILES string of the molecule is CCC(CC)C(=O)NC(CCN(CCCCc1ccc2c(n1)NCCC2)CCOC(F)(F)F)C(=O)O. The number of amides is 1. The van der Waals surface area contributed by atoms with Crippen molar-refractivity contribution in [3.8, 4) is 0 Å². The second-order valence-corrected chi connectivity index (χ2v) is 9.14. The Balaban J connectivity index is 1.88. The highest BCUT2D eigenvalue weighted by Gasteiger charge is 2.29. The molecule has 204 valence electrons. The zero-order valence-electron chi connectivity index (χ0n) is 21.2. The molecule has 3 N–H and O–H groups in total. The number of fused-ring (bicyclic) bond motifs is 1. The summed E-state index contributed by atoms with van der Waals surface area (Å²) in [7, 11) is 0. The number of aryl methyl sites for hydroxylation is 2. The summed E-state index contributed by atoms with van der Waals surface area (Å²) >= 11 is 0. The fourth-order valence-electron chi connectivity index (χ4n) is 4.29. The minimum atomic E-state index is -4.72. The van der Waals surface area contributed by atoms with Gasteiger partial charge in [0.1, 0.15) is 11.9 Å². The van der Waals surface area contributed by atoms with Crippen LogP contribution in [-0.4, -0.2) is 72.1 Å². The number of aliphatic carboxylic acids is 1. The Morgan fingerprint density at radius 3 is 2.61 bits per heavy atom. The molecule has 1 aliphatic rings. The smallest absolute Gasteiger partial charge is 0.480 e. The van der Waals surface area contributed by atoms with Gasteiger partial charge in [0.25, 0.3) is 0 Å². The van der Waals surface area contributed by atoms with E-state index in [-0.39, 0.29) is 31.3 Å². The molecule has 36 heavy (non-hydrogen) atoms. The van der Waals surface area contributed by atoms with E-state index >= 15 is 0 Å². The van der Waals surface area contributed by atoms with Gasteiger partial charge in [-0.2, -0.15) is 0 Å². The van der Waals surface area contributed by atoms with E-state index in [1.165, 1.54) is 5.56 Å². The lowest BCUT2D eigenvalue weighted by atomic mass is 10.0. The van der Waals surface area contributed by atoms with Crippen molar-refractivity contribution in [1.29, 1.82) is 0 Å². The summed E-state index contributed by atoms with van der Waals surface area (Å²) in [5.74, 6) is -0.811. The van der Waals surface area contributed by atoms with Gasteiger partial charge in [-0.15, -0.1) is 13.2 Å². The van der Waals surface area contributed by atoms with Crippen LogP contribution in [0.5, 0.6) is 0 Å². The summed E-state index contributed by atoms with van der Waals surface area (Å²) in [4.78, 5) is 30.5. The molecule has 0 fully saturated rings. The van der Waals surface area contributed by atoms with E-state index in [0.717, 1.165) is 43.7 Å². The molecule has 1 atom stereocenters. The zero-order chi connectivity index (χ0) is 26.6. The van der Waals surface area contributed by atoms with Crippen molar-refractivity contribution in [3.63, 3.8) is 0 Å². The van der Waals surface area contributed by atoms with Gasteiger partial charge in [0.05, 0.1) is 6.61 Å². The molecule has 2 rings (SSSR count). The lowest BCUT2D eigenvalue weighted by molar-refractivity contribution is -0.325. The third-order valence-electron chi connectivity index (χ3n) is 6.49. The van der Waals surface area contributed by atoms with Crippen LogP contribution in [0.4, 0.5) is 19.0 Å². The number of rotatable bonds is 16. The lowest BCUT2D eigenvalue weighted by Gasteiger charge is -2.25. The van der Waals surface area contributed by atoms with E-state index in [1.54, 1.807) is 4.90 Å². The number of carboxylic acid groups (broad SMARTS) is 1. The van der Waals surface area contributed by atoms with Crippen LogP contribution in [0.15, 0.2) is 12.1 Å². The van der Waals surface area contributed by atoms with Crippen LogP contribution in [-0.2, 0) is 27.2 Å². The first kappa shape index (κ1) is 29.8. The van der Waals surface area contributed by atoms with Crippen molar-refractivity contribution in [2.75, 3.05) is 38.1 Å². The normalized spacial score (nSPS) is 14.4. The Bertz CT molecular complexity index is 834. The van der Waals surface area contributed by atoms with Crippen molar-refractivity contribution in [1.82, 2.24) is 15.2 Å². The molecule has 0 saturated heterocycles. The third kappa shape index (κ3) is 10.7. The van der Waals surface area contributed by atoms with E-state index in [0.29, 0.717) is 25.8 Å². The molecule has 0 saturated carbocycles. The van der Waals surface area contributed by atoms with Crippen LogP contribution in [0.1, 0.15) is 63.6 Å². The summed E-state index contributed by atoms with van der Waals surface area (Å²) < 4.78 is 41.3. The predicted molar refractivity (Wildman–Crippen MR) is 131 cm³/mol. The first-order valence-corrected chi connectivity index (χ1v) is 12.8. The topological polar surface area (TPSA) is 104 Å². The Morgan fingerprint density at radius 2 is 1.94 bits per heavy atom. The molecule has 0 radical (unpaired) electrons. The standard InChI is InChI=1S/C25H39F3N4O4/c1-3-18(4-2)23(33)31-21(24(34)35)12-15-32(16-17-36-25(26,27)28)14-6-5-9-20-11-10-19-8-7-13-29-22(19)30-20/h10-11,18,21H,3-9,12-17H2,1-2H3,(H,29,30)(H,31,33)(H,34,35). The van der Waals surface area contributed by atoms with Crippen molar-refractivity contribution >= 4 is 17.7 Å². The van der Waals surface area contributed by atoms with Gasteiger partial charge in [-0.1, -0.05) is 19.9 Å². The van der Waals surface area contributed by atoms with Crippen molar-refractivity contribution in [2.45, 2.75) is 77.6 Å². The average Bonchev–Trinajstić information content (AvgIpc) is 2.83. The highest BCUT2D eigenvalue weighted by molar-refractivity contribution is 5.84. The number of carbonyl (C=O) groups is 2. The second kappa shape index (κ2) is 15.0. The van der Waals surface area contributed by atoms with E-state index in [4.69, 9.17) is 0 Å². The van der Waals surface area contributed by atoms with Crippen LogP contribution in [0.2, 0.25) is 0 Å². The van der Waals surface area contributed by atoms with Crippen LogP contribution >= 0.6 is 0 Å². The number of aromatic nitrogens is 1. The summed E-state index contributed by atoms with van der Waals surface area (Å²) in [6.45, 7) is 4.81. The number of anilines is 1. The van der Waals surface area contributed by atoms with Crippen molar-refractivity contribution in [2.24, 2.45) is 5.92 Å². The maximum atomic E-state index is 12.4. The average molecular weight is 517 g/mol. The minimum Gasteiger partial charge on any atom is -0.480 e. The fraction of sp³-hybridized carbons (Fsp3) is 0.720. The van der Waals surface area contributed by atoms with Crippen LogP contribution in [0.3, 0.4) is 0 Å². The molecular formula is C25H39F3N4O4. The van der Waals surface area contributed by atoms with Gasteiger partial charge in [0.2, 0.25) is 5.91 Å². The molecule has 0 spiro atoms. The van der Waals surface area contributed by atoms with Crippen LogP contribution in [0.25, 0.3) is 0 Å². The number of nitrogens with zero attached hydrogens (tertiary/aromatic N) is 2. The molecular weight excluding hydrogens is 477 g/mol. The molecule has 2 heterocycles. The monoisotopic (exact) mass is 516 g/mol. The van der Waals surface area contributed by atoms with Crippen molar-refractivity contribution < 1.29 is 32.6 Å². The number of halogens is 3. The molecule has 1 aromatic heterocycles. The number of pyridine rings is 1. The summed E-state index contributed by atoms with van der Waals surface area (Å²) in [6, 6.07) is 3.00. The molecule has 8 nitrogen and oxygen atoms in total. The number of alkyl halides is 3. The number of hydrogen-bond donors (Lipinski definition) is 3. The summed E-state index contributed by atoms with van der Waals surface area (Å²) in [5.41, 5.74) is 2.18. The number of hydrogen-bond acceptors (Lipinski definition) is 6. The van der Waals surface area contributed by atoms with E-state index in [2.05, 4.69) is 26.4 Å². The zero-order valence-corrected chi connectivity index (χ0v) is 21.2. The lowest BCUT2D eigenvalue weighted by Crippen LogP contribution is -2.45. The van der Waals surface area contributed by atoms with E-state index in [1.807, 2.05) is 19.9 Å². The summed E-state index contributed by atoms with van der Waals surface area (Å²) in [6.07, 6.45) is 0.911. The van der Waals surface area contributed by atoms with Gasteiger partial charge in [-0.25, -0.2) is 9.78 Å². The largest absolute Gasteiger partial charge is 0.522 e. The fourth-order valence-corrected chi connectivity index (χ4v) is 4.29. The van der Waals surface area contributed by atoms with Gasteiger partial charge in [0, 0.05) is 31.2 Å². The first-order valence-electron chi connectivity index (χ1n) is 12.8. The van der Waals surface area contributed by atoms with Gasteiger partial charge in [-0.05, 0) is 69.5 Å². The Morgan fingerprint density at radius 1 is 1.19 bits per heavy atom. The third-order valence-corrected chi connectivity index (χ3v) is 6.49. The maximum Gasteiger partial charge on any atom is 0.522 e. The number of carbonyl (C=O) groups excluding carboxylic acids is 1. The number of carboxylic acids is 1. The minimum absolute atomic E-state index is 0.00730. The van der Waals surface area contributed by atoms with Gasteiger partial charge in [-0.3, -0.25) is 9.53 Å². The maximum absolute atomic E-state index is 12.4. The van der Waals surface area contributed by atoms with Crippen LogP contribution < -0.4 is 10.6 Å². The quantitative estimate of drug-likeness (QED) is 0.285. The number of unbranched alkanes of at least 4 members (excludes halogenated alkanes) is 1. The highest BCUT2D eigenvalue weighted by atomic mass is 19.4. The van der Waals surface area contributed by atoms with Gasteiger partial charge in [0.15, 0.2) is 0 Å². The van der Waals surface area contributed by atoms with E-state index in [9.17, 15) is 27.9 Å². The van der Waals surface area contributed by atoms with Crippen LogP contribution in [0, 0.1) is 5.92 Å². The van der Waals surface area contributed by atoms with E-state index < -0.39 is 25.0 Å². The molecule has 1 aromatic rings. The molecule has 0 aliphatic carbocycles.